The van der Waals surface area contributed by atoms with Crippen LogP contribution in [0.5, 0.6) is 0 Å². The van der Waals surface area contributed by atoms with Crippen LogP contribution < -0.4 is 43.9 Å². The number of β-lactam (4-membered cyclic amide) rings is 2. The molecule has 8 heterocycles. The van der Waals surface area contributed by atoms with E-state index in [0.29, 0.717) is 11.1 Å². The molecule has 29 nitrogen and oxygen atoms in total. The minimum absolute atomic E-state index is 0.000843. The smallest absolute Gasteiger partial charge is 0.352 e. The van der Waals surface area contributed by atoms with Gasteiger partial charge in [0.2, 0.25) is 0 Å². The third kappa shape index (κ3) is 9.99. The molecule has 0 spiro atoms. The van der Waals surface area contributed by atoms with Crippen LogP contribution in [0.3, 0.4) is 0 Å². The number of thiazole rings is 2. The average Bonchev–Trinajstić information content (AvgIpc) is 3.99. The number of nitrogen functional groups attached to an aromatic ring is 1. The van der Waals surface area contributed by atoms with Gasteiger partial charge in [-0.25, -0.2) is 14.8 Å². The van der Waals surface area contributed by atoms with Gasteiger partial charge >= 0.3 is 28.2 Å². The summed E-state index contributed by atoms with van der Waals surface area (Å²) in [5.41, 5.74) is 1.45. The monoisotopic (exact) mass is 1090 g/mol. The number of thioether (sulfide) groups is 4. The van der Waals surface area contributed by atoms with Crippen LogP contribution >= 0.6 is 69.7 Å². The van der Waals surface area contributed by atoms with Gasteiger partial charge in [-0.1, -0.05) is 33.8 Å². The van der Waals surface area contributed by atoms with Gasteiger partial charge in [0.1, 0.15) is 59.8 Å². The number of aryl methyl sites for hydroxylation is 2. The zero-order valence-corrected chi connectivity index (χ0v) is 41.5. The zero-order valence-electron chi connectivity index (χ0n) is 36.6. The van der Waals surface area contributed by atoms with Crippen molar-refractivity contribution in [2.75, 3.05) is 48.3 Å². The maximum atomic E-state index is 14.3. The Labute approximate surface area is 420 Å². The summed E-state index contributed by atoms with van der Waals surface area (Å²) in [5, 5.41) is 31.7. The first-order valence-corrected chi connectivity index (χ1v) is 25.7. The molecule has 8 rings (SSSR count). The first-order chi connectivity index (χ1) is 33.9. The molecule has 4 aliphatic heterocycles. The number of carboxylic acid groups (broad SMARTS) is 1. The van der Waals surface area contributed by atoms with Gasteiger partial charge in [0, 0.05) is 47.9 Å². The van der Waals surface area contributed by atoms with Crippen molar-refractivity contribution in [1.29, 1.82) is 0 Å². The second-order valence-electron chi connectivity index (χ2n) is 14.7. The number of aliphatic carboxylic acids is 1. The lowest BCUT2D eigenvalue weighted by Gasteiger charge is -2.50. The van der Waals surface area contributed by atoms with Crippen LogP contribution in [-0.2, 0) is 52.5 Å². The maximum absolute atomic E-state index is 14.3. The molecule has 4 aromatic rings. The molecule has 4 aromatic heterocycles. The van der Waals surface area contributed by atoms with Crippen LogP contribution in [0.4, 0.5) is 10.3 Å². The number of hydrogen-bond donors (Lipinski definition) is 7. The Kier molecular flexibility index (Phi) is 14.7. The maximum Gasteiger partial charge on any atom is 0.352 e. The number of anilines is 2. The molecular weight excluding hydrogens is 1060 g/mol. The molecule has 5 amide bonds. The number of carbonyl (C=O) groups is 6. The highest BCUT2D eigenvalue weighted by molar-refractivity contribution is 8.01. The number of aromatic nitrogens is 8. The number of H-pyrrole nitrogens is 2. The number of nitrogens with one attached hydrogen (secondary N) is 5. The second kappa shape index (κ2) is 20.7. The van der Waals surface area contributed by atoms with E-state index in [9.17, 15) is 53.1 Å². The van der Waals surface area contributed by atoms with E-state index in [2.05, 4.69) is 56.4 Å². The van der Waals surface area contributed by atoms with Crippen molar-refractivity contribution in [1.82, 2.24) is 59.9 Å². The largest absolute Gasteiger partial charge is 0.477 e. The van der Waals surface area contributed by atoms with Gasteiger partial charge in [-0.2, -0.15) is 9.97 Å². The van der Waals surface area contributed by atoms with E-state index in [1.54, 1.807) is 0 Å². The number of aromatic amines is 2. The highest BCUT2D eigenvalue weighted by Crippen LogP contribution is 2.43. The van der Waals surface area contributed by atoms with Gasteiger partial charge in [-0.05, 0) is 11.1 Å². The van der Waals surface area contributed by atoms with Gasteiger partial charge < -0.3 is 31.1 Å². The fourth-order valence-electron chi connectivity index (χ4n) is 7.09. The van der Waals surface area contributed by atoms with Crippen LogP contribution in [0, 0.1) is 0 Å². The highest BCUT2D eigenvalue weighted by Gasteiger charge is 2.56. The molecule has 0 unspecified atom stereocenters. The lowest BCUT2D eigenvalue weighted by molar-refractivity contribution is -0.150. The van der Waals surface area contributed by atoms with Crippen LogP contribution in [-0.4, -0.2) is 161 Å². The number of nitrogens with two attached hydrogens (primary N) is 1. The molecular formula is C36H34N16O13S6. The van der Waals surface area contributed by atoms with Gasteiger partial charge in [-0.15, -0.1) is 46.2 Å². The number of rotatable bonds is 17. The van der Waals surface area contributed by atoms with Crippen molar-refractivity contribution >= 4 is 127 Å². The Morgan fingerprint density at radius 1 is 0.746 bits per heavy atom. The first kappa shape index (κ1) is 50.3. The molecule has 0 bridgehead atoms. The first-order valence-electron chi connectivity index (χ1n) is 19.9. The lowest BCUT2D eigenvalue weighted by Crippen LogP contribution is -2.71. The summed E-state index contributed by atoms with van der Waals surface area (Å²) >= 11 is 6.30. The molecule has 71 heavy (non-hydrogen) atoms. The van der Waals surface area contributed by atoms with Gasteiger partial charge in [-0.3, -0.25) is 77.8 Å². The molecule has 4 atom stereocenters. The molecule has 0 aliphatic carbocycles. The summed E-state index contributed by atoms with van der Waals surface area (Å²) in [7, 11) is 5.28. The minimum atomic E-state index is -1.40. The third-order valence-corrected chi connectivity index (χ3v) is 16.6. The molecule has 372 valence electrons. The molecule has 0 radical (unpaired) electrons. The van der Waals surface area contributed by atoms with Crippen molar-refractivity contribution in [2.45, 2.75) is 33.1 Å². The van der Waals surface area contributed by atoms with Gasteiger partial charge in [0.15, 0.2) is 32.0 Å². The Balaban J connectivity index is 0.982. The fraction of sp³-hybridized carbons (Fsp3) is 0.333. The zero-order chi connectivity index (χ0) is 51.0. The summed E-state index contributed by atoms with van der Waals surface area (Å²) in [6, 6.07) is -2.35. The molecule has 0 saturated carbocycles. The molecule has 8 N–H and O–H groups in total. The Morgan fingerprint density at radius 3 is 1.68 bits per heavy atom. The van der Waals surface area contributed by atoms with E-state index >= 15 is 0 Å². The average molecular weight is 1090 g/mol. The molecule has 2 saturated heterocycles. The quantitative estimate of drug-likeness (QED) is 0.0183. The highest BCUT2D eigenvalue weighted by atomic mass is 32.2. The fourth-order valence-corrected chi connectivity index (χ4v) is 13.1. The summed E-state index contributed by atoms with van der Waals surface area (Å²) in [4.78, 5) is 157. The van der Waals surface area contributed by atoms with E-state index in [1.165, 1.54) is 69.8 Å². The summed E-state index contributed by atoms with van der Waals surface area (Å²) in [6.07, 6.45) is 0. The number of nitrogens with zero attached hydrogens (tertiary/aromatic N) is 10. The summed E-state index contributed by atoms with van der Waals surface area (Å²) < 4.78 is 2.44. The van der Waals surface area contributed by atoms with Crippen molar-refractivity contribution in [3.05, 3.63) is 86.1 Å². The van der Waals surface area contributed by atoms with Crippen molar-refractivity contribution in [2.24, 2.45) is 24.4 Å². The SMILES string of the molecule is CO/N=C(\C(=O)N[C@@H]1C(=O)N2C(C(=O)O)=C(CSc3nc(=O)c(=O)[nH]n3C)CS[C@H]12)c1csc(NC(=O)C2=C(CSc3nc(=O)c(=O)[nH]n3C)CS[C@@H]3[C@H](NC(=O)/C(=N\OC)c4csc(N)n4)C(=O)N23)n1. The third-order valence-electron chi connectivity index (χ3n) is 10.3. The van der Waals surface area contributed by atoms with Gasteiger partial charge in [0.25, 0.3) is 29.5 Å². The number of oxime groups is 2. The number of carboxylic acids is 1. The van der Waals surface area contributed by atoms with Crippen LogP contribution in [0.1, 0.15) is 11.4 Å². The van der Waals surface area contributed by atoms with Crippen molar-refractivity contribution in [3.63, 3.8) is 0 Å². The van der Waals surface area contributed by atoms with E-state index < -0.39 is 86.3 Å². The topological polar surface area (TPSA) is 396 Å². The predicted molar refractivity (Wildman–Crippen MR) is 258 cm³/mol. The second-order valence-corrected chi connectivity index (χ2v) is 20.6. The number of carbonyl (C=O) groups excluding carboxylic acids is 5. The minimum Gasteiger partial charge on any atom is -0.477 e. The van der Waals surface area contributed by atoms with Crippen molar-refractivity contribution < 1.29 is 43.5 Å². The summed E-state index contributed by atoms with van der Waals surface area (Å²) in [5.74, 6) is -5.13. The predicted octanol–water partition coefficient (Wildman–Crippen LogP) is -2.94. The van der Waals surface area contributed by atoms with Crippen molar-refractivity contribution in [3.8, 4) is 0 Å². The standard InChI is InChI=1S/C36H34N16O13S6/c1-49-35(43-24(56)26(58)45-49)70-7-11-5-66-30-17(40-21(53)15(47-64-3)13-9-68-33(37)38-13)28(60)51(30)19(11)23(55)42-34-39-14(10-69-34)16(48-65-4)22(54)41-18-29(61)52-20(32(62)63)12(6-67-31(18)52)8-71-36-44-25(57)27(59)46-50(36)2/h9-10,17-18,30-31H,5-8H2,1-4H3,(H2,37,38)(H,40,53)(H,41,54)(H,45,58)(H,46,59)(H,62,63)(H,39,42,55)/b47-15-,48-16-/t17-,18-,30-,31-/m1/s1. The molecule has 2 fully saturated rings. The van der Waals surface area contributed by atoms with E-state index in [0.717, 1.165) is 58.2 Å². The van der Waals surface area contributed by atoms with E-state index in [1.807, 2.05) is 0 Å². The van der Waals surface area contributed by atoms with Gasteiger partial charge in [0.05, 0.1) is 0 Å². The normalized spacial score (nSPS) is 19.9. The molecule has 4 aliphatic rings. The molecule has 0 aromatic carbocycles. The Bertz CT molecular complexity index is 3300. The number of fused-ring (bicyclic) bond motifs is 2. The van der Waals surface area contributed by atoms with Crippen LogP contribution in [0.25, 0.3) is 0 Å². The van der Waals surface area contributed by atoms with Crippen LogP contribution in [0.2, 0.25) is 0 Å². The molecule has 35 heteroatoms. The van der Waals surface area contributed by atoms with E-state index in [-0.39, 0.29) is 72.1 Å². The Morgan fingerprint density at radius 2 is 1.21 bits per heavy atom. The Hall–Kier alpha value is -7.08. The lowest BCUT2D eigenvalue weighted by atomic mass is 10.0. The number of hydrogen-bond acceptors (Lipinski definition) is 25. The van der Waals surface area contributed by atoms with E-state index in [4.69, 9.17) is 15.4 Å². The number of amides is 5. The van der Waals surface area contributed by atoms with Crippen LogP contribution in [0.15, 0.2) is 73.1 Å². The summed E-state index contributed by atoms with van der Waals surface area (Å²) in [6.45, 7) is 0.